The summed E-state index contributed by atoms with van der Waals surface area (Å²) in [6.07, 6.45) is 2.86. The number of rotatable bonds is 1. The summed E-state index contributed by atoms with van der Waals surface area (Å²) in [5, 5.41) is 0.564. The first-order valence-electron chi connectivity index (χ1n) is 5.78. The molecule has 0 radical (unpaired) electrons. The van der Waals surface area contributed by atoms with Crippen molar-refractivity contribution in [2.75, 3.05) is 6.61 Å². The molecule has 5 heteroatoms. The quantitative estimate of drug-likeness (QED) is 0.848. The van der Waals surface area contributed by atoms with Gasteiger partial charge < -0.3 is 9.72 Å². The average Bonchev–Trinajstić information content (AvgIpc) is 2.68. The van der Waals surface area contributed by atoms with Gasteiger partial charge in [-0.3, -0.25) is 4.57 Å². The Bertz CT molecular complexity index is 596. The molecule has 1 saturated heterocycles. The molecule has 1 N–H and O–H groups in total. The van der Waals surface area contributed by atoms with Crippen LogP contribution in [0.25, 0.3) is 11.0 Å². The van der Waals surface area contributed by atoms with Crippen molar-refractivity contribution in [3.63, 3.8) is 0 Å². The summed E-state index contributed by atoms with van der Waals surface area (Å²) in [5.41, 5.74) is 1.35. The van der Waals surface area contributed by atoms with E-state index in [1.54, 1.807) is 10.6 Å². The lowest BCUT2D eigenvalue weighted by atomic mass is 10.2. The van der Waals surface area contributed by atoms with Crippen molar-refractivity contribution in [3.05, 3.63) is 33.7 Å². The van der Waals surface area contributed by atoms with Crippen LogP contribution in [0.1, 0.15) is 25.5 Å². The molecule has 1 atom stereocenters. The molecule has 2 heterocycles. The number of fused-ring (bicyclic) bond motifs is 1. The smallest absolute Gasteiger partial charge is 0.328 e. The second-order valence-corrected chi connectivity index (χ2v) is 4.66. The fourth-order valence-electron chi connectivity index (χ4n) is 2.33. The van der Waals surface area contributed by atoms with Crippen LogP contribution in [0.2, 0.25) is 5.02 Å². The first-order valence-corrected chi connectivity index (χ1v) is 6.15. The molecule has 2 aromatic rings. The normalized spacial score (nSPS) is 20.9. The van der Waals surface area contributed by atoms with Gasteiger partial charge in [0.25, 0.3) is 0 Å². The number of aromatic nitrogens is 2. The molecular formula is C12H13ClN2O2. The third-order valence-electron chi connectivity index (χ3n) is 3.15. The molecule has 3 rings (SSSR count). The molecular weight excluding hydrogens is 240 g/mol. The Labute approximate surface area is 103 Å². The van der Waals surface area contributed by atoms with E-state index in [1.807, 2.05) is 12.1 Å². The molecule has 17 heavy (non-hydrogen) atoms. The summed E-state index contributed by atoms with van der Waals surface area (Å²) in [6, 6.07) is 5.50. The number of hydrogen-bond acceptors (Lipinski definition) is 2. The van der Waals surface area contributed by atoms with E-state index < -0.39 is 0 Å². The zero-order valence-corrected chi connectivity index (χ0v) is 10.0. The maximum Gasteiger partial charge on any atom is 0.328 e. The van der Waals surface area contributed by atoms with Crippen LogP contribution in [0.3, 0.4) is 0 Å². The molecule has 90 valence electrons. The standard InChI is InChI=1S/C12H13ClN2O2/c13-8-4-3-5-9-11(8)14-12(16)15(9)10-6-1-2-7-17-10/h3-5,10H,1-2,6-7H2,(H,14,16). The number of benzene rings is 1. The van der Waals surface area contributed by atoms with Crippen molar-refractivity contribution in [1.82, 2.24) is 9.55 Å². The van der Waals surface area contributed by atoms with Gasteiger partial charge in [-0.05, 0) is 31.4 Å². The molecule has 0 saturated carbocycles. The maximum absolute atomic E-state index is 12.0. The van der Waals surface area contributed by atoms with E-state index in [1.165, 1.54) is 0 Å². The predicted molar refractivity (Wildman–Crippen MR) is 66.4 cm³/mol. The lowest BCUT2D eigenvalue weighted by molar-refractivity contribution is -0.0313. The number of H-pyrrole nitrogens is 1. The Morgan fingerprint density at radius 1 is 1.41 bits per heavy atom. The fraction of sp³-hybridized carbons (Fsp3) is 0.417. The Kier molecular flexibility index (Phi) is 2.68. The zero-order valence-electron chi connectivity index (χ0n) is 9.28. The number of halogens is 1. The fourth-order valence-corrected chi connectivity index (χ4v) is 2.54. The monoisotopic (exact) mass is 252 g/mol. The third kappa shape index (κ3) is 1.77. The van der Waals surface area contributed by atoms with Gasteiger partial charge in [0.2, 0.25) is 0 Å². The van der Waals surface area contributed by atoms with Crippen LogP contribution in [0, 0.1) is 0 Å². The molecule has 1 aliphatic rings. The second-order valence-electron chi connectivity index (χ2n) is 4.26. The Morgan fingerprint density at radius 3 is 3.06 bits per heavy atom. The number of hydrogen-bond donors (Lipinski definition) is 1. The van der Waals surface area contributed by atoms with Crippen molar-refractivity contribution in [3.8, 4) is 0 Å². The number of aromatic amines is 1. The minimum Gasteiger partial charge on any atom is -0.358 e. The molecule has 1 unspecified atom stereocenters. The van der Waals surface area contributed by atoms with Crippen LogP contribution in [0.15, 0.2) is 23.0 Å². The molecule has 0 spiro atoms. The van der Waals surface area contributed by atoms with Crippen LogP contribution in [-0.4, -0.2) is 16.2 Å². The van der Waals surface area contributed by atoms with Crippen molar-refractivity contribution in [2.45, 2.75) is 25.5 Å². The highest BCUT2D eigenvalue weighted by Gasteiger charge is 2.20. The Hall–Kier alpha value is -1.26. The number of para-hydroxylation sites is 1. The molecule has 1 aromatic heterocycles. The number of nitrogens with zero attached hydrogens (tertiary/aromatic N) is 1. The lowest BCUT2D eigenvalue weighted by Gasteiger charge is -2.23. The van der Waals surface area contributed by atoms with E-state index in [9.17, 15) is 4.79 Å². The third-order valence-corrected chi connectivity index (χ3v) is 3.46. The van der Waals surface area contributed by atoms with Crippen molar-refractivity contribution < 1.29 is 4.74 Å². The predicted octanol–water partition coefficient (Wildman–Crippen LogP) is 2.68. The van der Waals surface area contributed by atoms with Crippen LogP contribution in [-0.2, 0) is 4.74 Å². The zero-order chi connectivity index (χ0) is 11.8. The van der Waals surface area contributed by atoms with Gasteiger partial charge in [-0.1, -0.05) is 17.7 Å². The summed E-state index contributed by atoms with van der Waals surface area (Å²) in [6.45, 7) is 0.713. The largest absolute Gasteiger partial charge is 0.358 e. The Balaban J connectivity index is 2.18. The molecule has 1 aromatic carbocycles. The van der Waals surface area contributed by atoms with Gasteiger partial charge >= 0.3 is 5.69 Å². The second kappa shape index (κ2) is 4.20. The van der Waals surface area contributed by atoms with Gasteiger partial charge in [0.15, 0.2) is 0 Å². The SMILES string of the molecule is O=c1[nH]c2c(Cl)cccc2n1C1CCCCO1. The minimum atomic E-state index is -0.163. The van der Waals surface area contributed by atoms with Crippen LogP contribution in [0.5, 0.6) is 0 Å². The van der Waals surface area contributed by atoms with E-state index in [0.717, 1.165) is 24.8 Å². The highest BCUT2D eigenvalue weighted by Crippen LogP contribution is 2.27. The summed E-state index contributed by atoms with van der Waals surface area (Å²) in [5.74, 6) is 0. The van der Waals surface area contributed by atoms with Crippen LogP contribution >= 0.6 is 11.6 Å². The highest BCUT2D eigenvalue weighted by atomic mass is 35.5. The molecule has 0 aliphatic carbocycles. The molecule has 1 fully saturated rings. The van der Waals surface area contributed by atoms with E-state index in [0.29, 0.717) is 17.1 Å². The lowest BCUT2D eigenvalue weighted by Crippen LogP contribution is -2.26. The average molecular weight is 253 g/mol. The van der Waals surface area contributed by atoms with E-state index in [2.05, 4.69) is 4.98 Å². The van der Waals surface area contributed by atoms with Gasteiger partial charge in [0.1, 0.15) is 6.23 Å². The summed E-state index contributed by atoms with van der Waals surface area (Å²) >= 11 is 6.06. The van der Waals surface area contributed by atoms with E-state index >= 15 is 0 Å². The Morgan fingerprint density at radius 2 is 2.29 bits per heavy atom. The van der Waals surface area contributed by atoms with Crippen LogP contribution < -0.4 is 5.69 Å². The number of ether oxygens (including phenoxy) is 1. The van der Waals surface area contributed by atoms with Crippen molar-refractivity contribution in [1.29, 1.82) is 0 Å². The van der Waals surface area contributed by atoms with Crippen LogP contribution in [0.4, 0.5) is 0 Å². The number of imidazole rings is 1. The molecule has 4 nitrogen and oxygen atoms in total. The van der Waals surface area contributed by atoms with Gasteiger partial charge in [-0.15, -0.1) is 0 Å². The molecule has 1 aliphatic heterocycles. The van der Waals surface area contributed by atoms with Gasteiger partial charge in [-0.2, -0.15) is 0 Å². The van der Waals surface area contributed by atoms with Crippen molar-refractivity contribution >= 4 is 22.6 Å². The highest BCUT2D eigenvalue weighted by molar-refractivity contribution is 6.34. The summed E-state index contributed by atoms with van der Waals surface area (Å²) in [4.78, 5) is 14.7. The summed E-state index contributed by atoms with van der Waals surface area (Å²) < 4.78 is 7.32. The topological polar surface area (TPSA) is 47.0 Å². The van der Waals surface area contributed by atoms with Crippen molar-refractivity contribution in [2.24, 2.45) is 0 Å². The van der Waals surface area contributed by atoms with Gasteiger partial charge in [0.05, 0.1) is 16.1 Å². The maximum atomic E-state index is 12.0. The minimum absolute atomic E-state index is 0.153. The molecule has 0 bridgehead atoms. The number of nitrogens with one attached hydrogen (secondary N) is 1. The van der Waals surface area contributed by atoms with Gasteiger partial charge in [0, 0.05) is 6.61 Å². The van der Waals surface area contributed by atoms with E-state index in [-0.39, 0.29) is 11.9 Å². The van der Waals surface area contributed by atoms with E-state index in [4.69, 9.17) is 16.3 Å². The first-order chi connectivity index (χ1) is 8.27. The first kappa shape index (κ1) is 10.9. The summed E-state index contributed by atoms with van der Waals surface area (Å²) in [7, 11) is 0. The molecule has 0 amide bonds. The van der Waals surface area contributed by atoms with Gasteiger partial charge in [-0.25, -0.2) is 4.79 Å².